The van der Waals surface area contributed by atoms with Crippen molar-refractivity contribution < 1.29 is 80.2 Å². The zero-order valence-corrected chi connectivity index (χ0v) is 66.6. The third-order valence-corrected chi connectivity index (χ3v) is 20.6. The van der Waals surface area contributed by atoms with Crippen molar-refractivity contribution in [3.05, 3.63) is 0 Å². The van der Waals surface area contributed by atoms with E-state index >= 15 is 0 Å². The molecule has 19 heteroatoms. The Morgan fingerprint density at radius 2 is 0.465 bits per heavy atom. The highest BCUT2D eigenvalue weighted by Crippen LogP contribution is 2.45. The molecule has 0 bridgehead atoms. The number of ether oxygens (including phenoxy) is 4. The number of hydrogen-bond acceptors (Lipinski definition) is 15. The number of carbonyl (C=O) groups excluding carboxylic acids is 4. The lowest BCUT2D eigenvalue weighted by atomic mass is 10.0. The van der Waals surface area contributed by atoms with Gasteiger partial charge in [-0.25, -0.2) is 9.13 Å². The first-order chi connectivity index (χ1) is 47.9. The molecule has 0 aromatic rings. The summed E-state index contributed by atoms with van der Waals surface area (Å²) >= 11 is 0. The number of phosphoric ester groups is 2. The van der Waals surface area contributed by atoms with Crippen molar-refractivity contribution in [2.75, 3.05) is 39.6 Å². The monoisotopic (exact) mass is 1450 g/mol. The number of rotatable bonds is 79. The summed E-state index contributed by atoms with van der Waals surface area (Å²) in [6, 6.07) is 0. The molecule has 0 saturated carbocycles. The van der Waals surface area contributed by atoms with Gasteiger partial charge in [0.25, 0.3) is 0 Å². The number of carbonyl (C=O) groups is 4. The number of aliphatic hydroxyl groups excluding tert-OH is 1. The molecular weight excluding hydrogens is 1290 g/mol. The summed E-state index contributed by atoms with van der Waals surface area (Å²) in [6.07, 6.45) is 61.1. The van der Waals surface area contributed by atoms with Gasteiger partial charge in [-0.3, -0.25) is 37.3 Å². The Labute approximate surface area is 607 Å². The molecular formula is C80H156O17P2. The topological polar surface area (TPSA) is 237 Å². The Hall–Kier alpha value is -1.94. The van der Waals surface area contributed by atoms with Crippen molar-refractivity contribution in [2.45, 2.75) is 439 Å². The van der Waals surface area contributed by atoms with Gasteiger partial charge in [-0.1, -0.05) is 369 Å². The van der Waals surface area contributed by atoms with Crippen LogP contribution in [-0.4, -0.2) is 96.7 Å². The van der Waals surface area contributed by atoms with Crippen LogP contribution < -0.4 is 0 Å². The van der Waals surface area contributed by atoms with Crippen LogP contribution in [0.2, 0.25) is 0 Å². The van der Waals surface area contributed by atoms with Gasteiger partial charge in [0.1, 0.15) is 19.3 Å². The zero-order chi connectivity index (χ0) is 72.8. The van der Waals surface area contributed by atoms with Crippen LogP contribution in [0.15, 0.2) is 0 Å². The molecule has 0 spiro atoms. The minimum absolute atomic E-state index is 0.105. The molecule has 5 atom stereocenters. The first-order valence-electron chi connectivity index (χ1n) is 41.5. The molecule has 0 heterocycles. The van der Waals surface area contributed by atoms with Crippen LogP contribution in [-0.2, 0) is 65.4 Å². The molecule has 0 aromatic carbocycles. The number of aliphatic hydroxyl groups is 1. The summed E-state index contributed by atoms with van der Waals surface area (Å²) in [5.41, 5.74) is 0. The summed E-state index contributed by atoms with van der Waals surface area (Å²) in [5, 5.41) is 10.6. The smallest absolute Gasteiger partial charge is 0.462 e. The first kappa shape index (κ1) is 97.1. The van der Waals surface area contributed by atoms with Crippen LogP contribution in [0.25, 0.3) is 0 Å². The van der Waals surface area contributed by atoms with E-state index in [1.807, 2.05) is 0 Å². The van der Waals surface area contributed by atoms with Crippen molar-refractivity contribution in [3.63, 3.8) is 0 Å². The molecule has 2 unspecified atom stereocenters. The van der Waals surface area contributed by atoms with Gasteiger partial charge in [-0.2, -0.15) is 0 Å². The third-order valence-electron chi connectivity index (χ3n) is 18.7. The molecule has 0 saturated heterocycles. The molecule has 0 radical (unpaired) electrons. The molecule has 0 aliphatic carbocycles. The van der Waals surface area contributed by atoms with Gasteiger partial charge in [0.2, 0.25) is 0 Å². The SMILES string of the molecule is CCCCCCCCCCCCCCCCCCCCC(=O)O[C@H](COC(=O)CCCCCCCCCCCCCCCCCCC)COP(=O)(O)OC[C@@H](O)COP(=O)(O)OC[C@@H](COC(=O)CCCCCCCCCCCC(C)C)OC(=O)CCCCCCCCCCCC(C)C. The number of hydrogen-bond donors (Lipinski definition) is 3. The lowest BCUT2D eigenvalue weighted by molar-refractivity contribution is -0.161. The maximum absolute atomic E-state index is 13.1. The van der Waals surface area contributed by atoms with Crippen molar-refractivity contribution in [1.29, 1.82) is 0 Å². The highest BCUT2D eigenvalue weighted by Gasteiger charge is 2.30. The molecule has 17 nitrogen and oxygen atoms in total. The van der Waals surface area contributed by atoms with Crippen molar-refractivity contribution in [1.82, 2.24) is 0 Å². The van der Waals surface area contributed by atoms with Crippen molar-refractivity contribution >= 4 is 39.5 Å². The van der Waals surface area contributed by atoms with Crippen LogP contribution in [0.4, 0.5) is 0 Å². The zero-order valence-electron chi connectivity index (χ0n) is 64.8. The molecule has 0 amide bonds. The van der Waals surface area contributed by atoms with Crippen molar-refractivity contribution in [2.24, 2.45) is 11.8 Å². The second-order valence-electron chi connectivity index (χ2n) is 29.8. The molecule has 0 rings (SSSR count). The maximum Gasteiger partial charge on any atom is 0.472 e. The van der Waals surface area contributed by atoms with Gasteiger partial charge in [-0.15, -0.1) is 0 Å². The Morgan fingerprint density at radius 1 is 0.273 bits per heavy atom. The Bertz CT molecular complexity index is 1910. The number of esters is 4. The fourth-order valence-electron chi connectivity index (χ4n) is 12.4. The van der Waals surface area contributed by atoms with Crippen LogP contribution in [0.5, 0.6) is 0 Å². The maximum atomic E-state index is 13.1. The fourth-order valence-corrected chi connectivity index (χ4v) is 13.9. The summed E-state index contributed by atoms with van der Waals surface area (Å²) in [6.45, 7) is 9.59. The average molecular weight is 1450 g/mol. The van der Waals surface area contributed by atoms with E-state index in [9.17, 15) is 43.2 Å². The van der Waals surface area contributed by atoms with Crippen LogP contribution in [0.1, 0.15) is 420 Å². The van der Waals surface area contributed by atoms with Crippen molar-refractivity contribution in [3.8, 4) is 0 Å². The van der Waals surface area contributed by atoms with Gasteiger partial charge in [0.15, 0.2) is 12.2 Å². The standard InChI is InChI=1S/C80H156O17P2/c1-7-9-11-13-15-17-19-21-23-25-27-29-31-33-39-46-52-58-64-79(84)96-75(68-90-77(82)62-56-50-44-38-32-30-28-26-24-22-20-18-16-14-12-10-8-2)70-94-98(86,87)92-66-74(81)67-93-99(88,89)95-71-76(97-80(85)65-59-53-47-41-35-37-43-49-55-61-73(5)6)69-91-78(83)63-57-51-45-40-34-36-42-48-54-60-72(3)4/h72-76,81H,7-71H2,1-6H3,(H,86,87)(H,88,89)/t74-,75-,76-/m1/s1. The molecule has 3 N–H and O–H groups in total. The second kappa shape index (κ2) is 71.7. The van der Waals surface area contributed by atoms with E-state index in [0.717, 1.165) is 102 Å². The normalized spacial score (nSPS) is 13.9. The lowest BCUT2D eigenvalue weighted by Gasteiger charge is -2.21. The quantitative estimate of drug-likeness (QED) is 0.0222. The minimum Gasteiger partial charge on any atom is -0.462 e. The fraction of sp³-hybridized carbons (Fsp3) is 0.950. The summed E-state index contributed by atoms with van der Waals surface area (Å²) < 4.78 is 68.7. The van der Waals surface area contributed by atoms with E-state index in [4.69, 9.17) is 37.0 Å². The van der Waals surface area contributed by atoms with Gasteiger partial charge in [0, 0.05) is 25.7 Å². The van der Waals surface area contributed by atoms with Crippen LogP contribution in [0, 0.1) is 11.8 Å². The molecule has 0 aliphatic rings. The van der Waals surface area contributed by atoms with Gasteiger partial charge >= 0.3 is 39.5 Å². The third kappa shape index (κ3) is 74.1. The number of unbranched alkanes of at least 4 members (excludes halogenated alkanes) is 49. The van der Waals surface area contributed by atoms with E-state index in [-0.39, 0.29) is 25.7 Å². The van der Waals surface area contributed by atoms with Gasteiger partial charge in [0.05, 0.1) is 26.4 Å². The second-order valence-corrected chi connectivity index (χ2v) is 32.7. The molecule has 588 valence electrons. The minimum atomic E-state index is -4.96. The van der Waals surface area contributed by atoms with E-state index in [2.05, 4.69) is 41.5 Å². The summed E-state index contributed by atoms with van der Waals surface area (Å²) in [5.74, 6) is -0.630. The van der Waals surface area contributed by atoms with E-state index < -0.39 is 97.5 Å². The molecule has 0 fully saturated rings. The van der Waals surface area contributed by atoms with E-state index in [0.29, 0.717) is 25.7 Å². The van der Waals surface area contributed by atoms with E-state index in [1.54, 1.807) is 0 Å². The summed E-state index contributed by atoms with van der Waals surface area (Å²) in [7, 11) is -9.92. The van der Waals surface area contributed by atoms with Crippen LogP contribution in [0.3, 0.4) is 0 Å². The first-order valence-corrected chi connectivity index (χ1v) is 44.5. The van der Waals surface area contributed by atoms with Gasteiger partial charge in [-0.05, 0) is 37.5 Å². The van der Waals surface area contributed by atoms with Crippen LogP contribution >= 0.6 is 15.6 Å². The average Bonchev–Trinajstić information content (AvgIpc) is 2.40. The van der Waals surface area contributed by atoms with E-state index in [1.165, 1.54) is 238 Å². The molecule has 0 aliphatic heterocycles. The Kier molecular flexibility index (Phi) is 70.3. The van der Waals surface area contributed by atoms with Gasteiger partial charge < -0.3 is 33.8 Å². The predicted molar refractivity (Wildman–Crippen MR) is 405 cm³/mol. The highest BCUT2D eigenvalue weighted by atomic mass is 31.2. The highest BCUT2D eigenvalue weighted by molar-refractivity contribution is 7.47. The lowest BCUT2D eigenvalue weighted by Crippen LogP contribution is -2.30. The predicted octanol–water partition coefficient (Wildman–Crippen LogP) is 23.9. The molecule has 0 aromatic heterocycles. The largest absolute Gasteiger partial charge is 0.472 e. The molecule has 99 heavy (non-hydrogen) atoms. The Balaban J connectivity index is 5.25. The number of phosphoric acid groups is 2. The summed E-state index contributed by atoms with van der Waals surface area (Å²) in [4.78, 5) is 73.0. The Morgan fingerprint density at radius 3 is 0.687 bits per heavy atom.